The van der Waals surface area contributed by atoms with Gasteiger partial charge in [0.2, 0.25) is 0 Å². The second-order valence-corrected chi connectivity index (χ2v) is 5.49. The van der Waals surface area contributed by atoms with Gasteiger partial charge in [-0.1, -0.05) is 18.7 Å². The summed E-state index contributed by atoms with van der Waals surface area (Å²) in [4.78, 5) is 17.1. The van der Waals surface area contributed by atoms with Crippen LogP contribution in [0.3, 0.4) is 0 Å². The number of thioether (sulfide) groups is 1. The Morgan fingerprint density at radius 2 is 2.28 bits per heavy atom. The van der Waals surface area contributed by atoms with Crippen LogP contribution in [0, 0.1) is 0 Å². The summed E-state index contributed by atoms with van der Waals surface area (Å²) in [7, 11) is 4.06. The number of likely N-dealkylation sites (N-methyl/N-ethyl adjacent to an activating group) is 1. The van der Waals surface area contributed by atoms with Gasteiger partial charge >= 0.3 is 5.97 Å². The summed E-state index contributed by atoms with van der Waals surface area (Å²) in [6.45, 7) is 5.12. The molecule has 0 aromatic carbocycles. The SMILES string of the molecule is CCc1cnc(SCC(=O)O)n1C(C)CN(C)C. The van der Waals surface area contributed by atoms with Crippen molar-refractivity contribution in [3.8, 4) is 0 Å². The van der Waals surface area contributed by atoms with Gasteiger partial charge in [-0.15, -0.1) is 0 Å². The maximum Gasteiger partial charge on any atom is 0.313 e. The van der Waals surface area contributed by atoms with Gasteiger partial charge in [0.15, 0.2) is 5.16 Å². The summed E-state index contributed by atoms with van der Waals surface area (Å²) >= 11 is 1.28. The lowest BCUT2D eigenvalue weighted by Crippen LogP contribution is -2.24. The Morgan fingerprint density at radius 1 is 1.61 bits per heavy atom. The van der Waals surface area contributed by atoms with Crippen LogP contribution >= 0.6 is 11.8 Å². The third kappa shape index (κ3) is 4.03. The van der Waals surface area contributed by atoms with Crippen LogP contribution in [0.1, 0.15) is 25.6 Å². The molecule has 0 radical (unpaired) electrons. The number of aryl methyl sites for hydroxylation is 1. The number of rotatable bonds is 7. The number of nitrogens with zero attached hydrogens (tertiary/aromatic N) is 3. The van der Waals surface area contributed by atoms with Crippen LogP contribution in [0.5, 0.6) is 0 Å². The second-order valence-electron chi connectivity index (χ2n) is 4.55. The lowest BCUT2D eigenvalue weighted by atomic mass is 10.3. The average molecular weight is 271 g/mol. The van der Waals surface area contributed by atoms with Crippen molar-refractivity contribution < 1.29 is 9.90 Å². The van der Waals surface area contributed by atoms with Crippen molar-refractivity contribution in [3.63, 3.8) is 0 Å². The fourth-order valence-corrected chi connectivity index (χ4v) is 2.77. The number of hydrogen-bond acceptors (Lipinski definition) is 4. The lowest BCUT2D eigenvalue weighted by Gasteiger charge is -2.22. The van der Waals surface area contributed by atoms with E-state index < -0.39 is 5.97 Å². The minimum absolute atomic E-state index is 0.0504. The van der Waals surface area contributed by atoms with Crippen molar-refractivity contribution in [1.82, 2.24) is 14.5 Å². The predicted octanol–water partition coefficient (Wildman–Crippen LogP) is 1.74. The number of aromatic nitrogens is 2. The summed E-state index contributed by atoms with van der Waals surface area (Å²) in [5.41, 5.74) is 1.15. The Kier molecular flexibility index (Phi) is 5.68. The van der Waals surface area contributed by atoms with Crippen molar-refractivity contribution in [1.29, 1.82) is 0 Å². The third-order valence-electron chi connectivity index (χ3n) is 2.60. The molecule has 1 atom stereocenters. The van der Waals surface area contributed by atoms with E-state index in [9.17, 15) is 4.79 Å². The first-order chi connectivity index (χ1) is 8.45. The van der Waals surface area contributed by atoms with Crippen molar-refractivity contribution in [2.24, 2.45) is 0 Å². The molecule has 1 rings (SSSR count). The van der Waals surface area contributed by atoms with Gasteiger partial charge in [-0.05, 0) is 27.4 Å². The summed E-state index contributed by atoms with van der Waals surface area (Å²) in [5, 5.41) is 9.54. The van der Waals surface area contributed by atoms with Crippen LogP contribution in [-0.2, 0) is 11.2 Å². The molecule has 18 heavy (non-hydrogen) atoms. The largest absolute Gasteiger partial charge is 0.481 e. The van der Waals surface area contributed by atoms with E-state index in [2.05, 4.69) is 28.3 Å². The maximum absolute atomic E-state index is 10.6. The highest BCUT2D eigenvalue weighted by molar-refractivity contribution is 7.99. The molecule has 1 aromatic rings. The molecule has 1 N–H and O–H groups in total. The van der Waals surface area contributed by atoms with E-state index in [1.54, 1.807) is 0 Å². The summed E-state index contributed by atoms with van der Waals surface area (Å²) in [6.07, 6.45) is 2.74. The van der Waals surface area contributed by atoms with Gasteiger partial charge in [0.1, 0.15) is 0 Å². The topological polar surface area (TPSA) is 58.4 Å². The molecule has 0 spiro atoms. The lowest BCUT2D eigenvalue weighted by molar-refractivity contribution is -0.133. The van der Waals surface area contributed by atoms with E-state index in [0.717, 1.165) is 23.8 Å². The quantitative estimate of drug-likeness (QED) is 0.766. The fraction of sp³-hybridized carbons (Fsp3) is 0.667. The highest BCUT2D eigenvalue weighted by atomic mass is 32.2. The van der Waals surface area contributed by atoms with Crippen molar-refractivity contribution in [2.75, 3.05) is 26.4 Å². The first-order valence-electron chi connectivity index (χ1n) is 6.01. The van der Waals surface area contributed by atoms with E-state index in [4.69, 9.17) is 5.11 Å². The highest BCUT2D eigenvalue weighted by Crippen LogP contribution is 2.23. The molecule has 0 aliphatic carbocycles. The van der Waals surface area contributed by atoms with Gasteiger partial charge in [0.25, 0.3) is 0 Å². The van der Waals surface area contributed by atoms with Crippen LogP contribution in [0.4, 0.5) is 0 Å². The minimum Gasteiger partial charge on any atom is -0.481 e. The summed E-state index contributed by atoms with van der Waals surface area (Å²) in [6, 6.07) is 0.286. The zero-order chi connectivity index (χ0) is 13.7. The number of carboxylic acids is 1. The molecular weight excluding hydrogens is 250 g/mol. The molecule has 1 unspecified atom stereocenters. The summed E-state index contributed by atoms with van der Waals surface area (Å²) in [5.74, 6) is -0.762. The first-order valence-corrected chi connectivity index (χ1v) is 6.99. The zero-order valence-corrected chi connectivity index (χ0v) is 12.2. The monoisotopic (exact) mass is 271 g/mol. The molecule has 0 bridgehead atoms. The Bertz CT molecular complexity index is 404. The van der Waals surface area contributed by atoms with Crippen molar-refractivity contribution in [2.45, 2.75) is 31.5 Å². The van der Waals surface area contributed by atoms with Crippen LogP contribution in [0.15, 0.2) is 11.4 Å². The molecular formula is C12H21N3O2S. The number of imidazole rings is 1. The van der Waals surface area contributed by atoms with Crippen LogP contribution in [-0.4, -0.2) is 51.9 Å². The molecule has 0 saturated heterocycles. The molecule has 5 nitrogen and oxygen atoms in total. The number of carbonyl (C=O) groups is 1. The van der Waals surface area contributed by atoms with E-state index in [1.807, 2.05) is 20.3 Å². The molecule has 0 aliphatic heterocycles. The fourth-order valence-electron chi connectivity index (χ4n) is 1.95. The minimum atomic E-state index is -0.812. The molecule has 0 aliphatic rings. The van der Waals surface area contributed by atoms with Crippen LogP contribution in [0.25, 0.3) is 0 Å². The molecule has 0 amide bonds. The number of hydrogen-bond donors (Lipinski definition) is 1. The highest BCUT2D eigenvalue weighted by Gasteiger charge is 2.16. The second kappa shape index (κ2) is 6.80. The average Bonchev–Trinajstić information content (AvgIpc) is 2.68. The van der Waals surface area contributed by atoms with Crippen molar-refractivity contribution >= 4 is 17.7 Å². The van der Waals surface area contributed by atoms with Gasteiger partial charge in [0, 0.05) is 24.5 Å². The van der Waals surface area contributed by atoms with Gasteiger partial charge in [-0.25, -0.2) is 4.98 Å². The van der Waals surface area contributed by atoms with E-state index in [-0.39, 0.29) is 11.8 Å². The number of carboxylic acid groups (broad SMARTS) is 1. The number of aliphatic carboxylic acids is 1. The Morgan fingerprint density at radius 3 is 2.78 bits per heavy atom. The smallest absolute Gasteiger partial charge is 0.313 e. The molecule has 0 fully saturated rings. The standard InChI is InChI=1S/C12H21N3O2S/c1-5-10-6-13-12(18-8-11(16)17)15(10)9(2)7-14(3)4/h6,9H,5,7-8H2,1-4H3,(H,16,17). The Hall–Kier alpha value is -1.01. The molecule has 1 heterocycles. The molecule has 0 saturated carbocycles. The van der Waals surface area contributed by atoms with Gasteiger partial charge < -0.3 is 14.6 Å². The van der Waals surface area contributed by atoms with Gasteiger partial charge in [-0.2, -0.15) is 0 Å². The third-order valence-corrected chi connectivity index (χ3v) is 3.55. The van der Waals surface area contributed by atoms with E-state index >= 15 is 0 Å². The summed E-state index contributed by atoms with van der Waals surface area (Å²) < 4.78 is 2.15. The molecule has 1 aromatic heterocycles. The van der Waals surface area contributed by atoms with Gasteiger partial charge in [0.05, 0.1) is 5.75 Å². The Labute approximate surface area is 112 Å². The van der Waals surface area contributed by atoms with E-state index in [1.165, 1.54) is 11.8 Å². The van der Waals surface area contributed by atoms with Crippen LogP contribution in [0.2, 0.25) is 0 Å². The first kappa shape index (κ1) is 15.0. The van der Waals surface area contributed by atoms with E-state index in [0.29, 0.717) is 0 Å². The zero-order valence-electron chi connectivity index (χ0n) is 11.4. The molecule has 102 valence electrons. The van der Waals surface area contributed by atoms with Crippen molar-refractivity contribution in [3.05, 3.63) is 11.9 Å². The van der Waals surface area contributed by atoms with Crippen LogP contribution < -0.4 is 0 Å². The molecule has 6 heteroatoms. The maximum atomic E-state index is 10.6. The van der Waals surface area contributed by atoms with Gasteiger partial charge in [-0.3, -0.25) is 4.79 Å². The normalized spacial score (nSPS) is 12.9. The predicted molar refractivity (Wildman–Crippen MR) is 73.2 cm³/mol. The Balaban J connectivity index is 2.90.